The number of morpholine rings is 1. The third-order valence-corrected chi connectivity index (χ3v) is 3.72. The van der Waals surface area contributed by atoms with E-state index in [0.29, 0.717) is 26.3 Å². The number of ether oxygens (including phenoxy) is 1. The standard InChI is InChI=1S/C15H20FN3O4/c1-10(2)14(15(20)18-5-7-23-8-6-18)17-12-4-3-11(16)9-13(12)19(21)22/h3-4,9-10,14,17H,5-8H2,1-2H3. The van der Waals surface area contributed by atoms with Crippen molar-refractivity contribution in [3.05, 3.63) is 34.1 Å². The van der Waals surface area contributed by atoms with E-state index in [2.05, 4.69) is 5.32 Å². The quantitative estimate of drug-likeness (QED) is 0.661. The van der Waals surface area contributed by atoms with Gasteiger partial charge in [0.15, 0.2) is 0 Å². The highest BCUT2D eigenvalue weighted by Crippen LogP contribution is 2.27. The number of rotatable bonds is 5. The molecule has 1 amide bonds. The number of hydrogen-bond acceptors (Lipinski definition) is 5. The summed E-state index contributed by atoms with van der Waals surface area (Å²) in [6.45, 7) is 5.65. The lowest BCUT2D eigenvalue weighted by molar-refractivity contribution is -0.384. The summed E-state index contributed by atoms with van der Waals surface area (Å²) in [4.78, 5) is 24.8. The molecular weight excluding hydrogens is 305 g/mol. The fourth-order valence-electron chi connectivity index (χ4n) is 2.44. The van der Waals surface area contributed by atoms with Crippen molar-refractivity contribution in [1.29, 1.82) is 0 Å². The van der Waals surface area contributed by atoms with Crippen molar-refractivity contribution in [2.24, 2.45) is 5.92 Å². The van der Waals surface area contributed by atoms with Gasteiger partial charge in [-0.05, 0) is 18.1 Å². The van der Waals surface area contributed by atoms with E-state index in [4.69, 9.17) is 4.74 Å². The van der Waals surface area contributed by atoms with E-state index in [1.807, 2.05) is 13.8 Å². The second kappa shape index (κ2) is 7.36. The number of anilines is 1. The maximum absolute atomic E-state index is 13.2. The summed E-state index contributed by atoms with van der Waals surface area (Å²) in [7, 11) is 0. The molecule has 0 aliphatic carbocycles. The van der Waals surface area contributed by atoms with Crippen molar-refractivity contribution in [3.63, 3.8) is 0 Å². The summed E-state index contributed by atoms with van der Waals surface area (Å²) in [6.07, 6.45) is 0. The largest absolute Gasteiger partial charge is 0.378 e. The van der Waals surface area contributed by atoms with Gasteiger partial charge in [-0.15, -0.1) is 0 Å². The van der Waals surface area contributed by atoms with Gasteiger partial charge in [0, 0.05) is 13.1 Å². The molecule has 1 aromatic rings. The van der Waals surface area contributed by atoms with Gasteiger partial charge in [-0.2, -0.15) is 0 Å². The third-order valence-electron chi connectivity index (χ3n) is 3.72. The number of benzene rings is 1. The smallest absolute Gasteiger partial charge is 0.295 e. The highest BCUT2D eigenvalue weighted by Gasteiger charge is 2.30. The van der Waals surface area contributed by atoms with Crippen molar-refractivity contribution < 1.29 is 18.8 Å². The Morgan fingerprint density at radius 2 is 2.04 bits per heavy atom. The molecule has 8 heteroatoms. The number of carbonyl (C=O) groups is 1. The van der Waals surface area contributed by atoms with E-state index in [9.17, 15) is 19.3 Å². The minimum Gasteiger partial charge on any atom is -0.378 e. The van der Waals surface area contributed by atoms with Crippen LogP contribution in [0.2, 0.25) is 0 Å². The van der Waals surface area contributed by atoms with Crippen molar-refractivity contribution in [2.75, 3.05) is 31.6 Å². The molecule has 0 saturated carbocycles. The van der Waals surface area contributed by atoms with Crippen LogP contribution in [0, 0.1) is 21.8 Å². The summed E-state index contributed by atoms with van der Waals surface area (Å²) in [5, 5.41) is 14.0. The Morgan fingerprint density at radius 3 is 2.61 bits per heavy atom. The molecule has 1 aromatic carbocycles. The highest BCUT2D eigenvalue weighted by atomic mass is 19.1. The Morgan fingerprint density at radius 1 is 1.39 bits per heavy atom. The van der Waals surface area contributed by atoms with Gasteiger partial charge in [0.05, 0.1) is 24.2 Å². The van der Waals surface area contributed by atoms with Gasteiger partial charge >= 0.3 is 0 Å². The first-order valence-corrected chi connectivity index (χ1v) is 7.47. The summed E-state index contributed by atoms with van der Waals surface area (Å²) >= 11 is 0. The predicted molar refractivity (Wildman–Crippen MR) is 82.7 cm³/mol. The van der Waals surface area contributed by atoms with Crippen molar-refractivity contribution >= 4 is 17.3 Å². The first kappa shape index (κ1) is 17.1. The minimum absolute atomic E-state index is 0.0880. The lowest BCUT2D eigenvalue weighted by Gasteiger charge is -2.32. The molecule has 2 rings (SSSR count). The molecule has 1 heterocycles. The fraction of sp³-hybridized carbons (Fsp3) is 0.533. The fourth-order valence-corrected chi connectivity index (χ4v) is 2.44. The molecule has 1 saturated heterocycles. The van der Waals surface area contributed by atoms with Gasteiger partial charge in [0.1, 0.15) is 17.5 Å². The molecule has 1 N–H and O–H groups in total. The summed E-state index contributed by atoms with van der Waals surface area (Å²) in [5.41, 5.74) is -0.248. The SMILES string of the molecule is CC(C)C(Nc1ccc(F)cc1[N+](=O)[O-])C(=O)N1CCOCC1. The zero-order chi connectivity index (χ0) is 17.0. The number of carbonyl (C=O) groups excluding carboxylic acids is 1. The third kappa shape index (κ3) is 4.16. The second-order valence-electron chi connectivity index (χ2n) is 5.72. The van der Waals surface area contributed by atoms with Crippen LogP contribution in [0.5, 0.6) is 0 Å². The first-order valence-electron chi connectivity index (χ1n) is 7.47. The number of nitrogens with zero attached hydrogens (tertiary/aromatic N) is 2. The lowest BCUT2D eigenvalue weighted by atomic mass is 10.0. The summed E-state index contributed by atoms with van der Waals surface area (Å²) in [5.74, 6) is -0.917. The Kier molecular flexibility index (Phi) is 5.49. The van der Waals surface area contributed by atoms with Crippen LogP contribution in [0.25, 0.3) is 0 Å². The van der Waals surface area contributed by atoms with Gasteiger partial charge in [-0.25, -0.2) is 4.39 Å². The molecular formula is C15H20FN3O4. The zero-order valence-corrected chi connectivity index (χ0v) is 13.1. The van der Waals surface area contributed by atoms with Gasteiger partial charge in [-0.1, -0.05) is 13.8 Å². The number of nitro benzene ring substituents is 1. The zero-order valence-electron chi connectivity index (χ0n) is 13.1. The van der Waals surface area contributed by atoms with E-state index in [1.165, 1.54) is 6.07 Å². The maximum atomic E-state index is 13.2. The molecule has 0 bridgehead atoms. The van der Waals surface area contributed by atoms with E-state index in [0.717, 1.165) is 12.1 Å². The van der Waals surface area contributed by atoms with E-state index >= 15 is 0 Å². The second-order valence-corrected chi connectivity index (χ2v) is 5.72. The maximum Gasteiger partial charge on any atom is 0.295 e. The van der Waals surface area contributed by atoms with Gasteiger partial charge < -0.3 is 15.0 Å². The van der Waals surface area contributed by atoms with Crippen molar-refractivity contribution in [1.82, 2.24) is 4.90 Å². The minimum atomic E-state index is -0.692. The van der Waals surface area contributed by atoms with Crippen LogP contribution in [0.1, 0.15) is 13.8 Å². The number of nitrogens with one attached hydrogen (secondary N) is 1. The Bertz CT molecular complexity index is 588. The van der Waals surface area contributed by atoms with Crippen LogP contribution >= 0.6 is 0 Å². The average molecular weight is 325 g/mol. The van der Waals surface area contributed by atoms with Crippen LogP contribution in [0.3, 0.4) is 0 Å². The number of halogens is 1. The topological polar surface area (TPSA) is 84.7 Å². The molecule has 0 spiro atoms. The summed E-state index contributed by atoms with van der Waals surface area (Å²) in [6, 6.07) is 2.64. The number of amides is 1. The lowest BCUT2D eigenvalue weighted by Crippen LogP contribution is -2.49. The molecule has 1 aliphatic heterocycles. The molecule has 0 aromatic heterocycles. The van der Waals surface area contributed by atoms with Crippen LogP contribution in [-0.4, -0.2) is 48.1 Å². The van der Waals surface area contributed by atoms with Gasteiger partial charge in [-0.3, -0.25) is 14.9 Å². The molecule has 7 nitrogen and oxygen atoms in total. The Balaban J connectivity index is 2.22. The normalized spacial score (nSPS) is 16.3. The van der Waals surface area contributed by atoms with Crippen LogP contribution in [0.4, 0.5) is 15.8 Å². The summed E-state index contributed by atoms with van der Waals surface area (Å²) < 4.78 is 18.5. The monoisotopic (exact) mass is 325 g/mol. The van der Waals surface area contributed by atoms with Gasteiger partial charge in [0.2, 0.25) is 5.91 Å². The van der Waals surface area contributed by atoms with E-state index < -0.39 is 16.8 Å². The molecule has 1 fully saturated rings. The highest BCUT2D eigenvalue weighted by molar-refractivity contribution is 5.86. The predicted octanol–water partition coefficient (Wildman–Crippen LogP) is 2.03. The van der Waals surface area contributed by atoms with Crippen LogP contribution in [-0.2, 0) is 9.53 Å². The van der Waals surface area contributed by atoms with E-state index in [-0.39, 0.29) is 23.2 Å². The molecule has 1 aliphatic rings. The van der Waals surface area contributed by atoms with Crippen LogP contribution in [0.15, 0.2) is 18.2 Å². The van der Waals surface area contributed by atoms with E-state index in [1.54, 1.807) is 4.90 Å². The molecule has 1 unspecified atom stereocenters. The molecule has 23 heavy (non-hydrogen) atoms. The number of nitro groups is 1. The average Bonchev–Trinajstić information content (AvgIpc) is 2.53. The Hall–Kier alpha value is -2.22. The van der Waals surface area contributed by atoms with Crippen LogP contribution < -0.4 is 5.32 Å². The molecule has 126 valence electrons. The van der Waals surface area contributed by atoms with Crippen molar-refractivity contribution in [2.45, 2.75) is 19.9 Å². The van der Waals surface area contributed by atoms with Gasteiger partial charge in [0.25, 0.3) is 5.69 Å². The molecule has 1 atom stereocenters. The Labute approximate surface area is 133 Å². The van der Waals surface area contributed by atoms with Crippen molar-refractivity contribution in [3.8, 4) is 0 Å². The molecule has 0 radical (unpaired) electrons. The first-order chi connectivity index (χ1) is 10.9. The number of hydrogen-bond donors (Lipinski definition) is 1.